The molecular formula is C55H33N3OS. The van der Waals surface area contributed by atoms with Crippen molar-refractivity contribution in [2.24, 2.45) is 0 Å². The van der Waals surface area contributed by atoms with E-state index in [1.54, 1.807) is 11.3 Å². The summed E-state index contributed by atoms with van der Waals surface area (Å²) in [5, 5.41) is 7.05. The lowest BCUT2D eigenvalue weighted by molar-refractivity contribution is 0.669. The summed E-state index contributed by atoms with van der Waals surface area (Å²) in [5.41, 5.74) is 11.7. The molecular weight excluding hydrogens is 751 g/mol. The van der Waals surface area contributed by atoms with Crippen molar-refractivity contribution < 1.29 is 4.42 Å². The highest BCUT2D eigenvalue weighted by atomic mass is 32.1. The monoisotopic (exact) mass is 783 g/mol. The highest BCUT2D eigenvalue weighted by Crippen LogP contribution is 2.42. The maximum absolute atomic E-state index is 6.32. The van der Waals surface area contributed by atoms with E-state index in [2.05, 4.69) is 176 Å². The molecule has 0 radical (unpaired) electrons. The smallest absolute Gasteiger partial charge is 0.165 e. The molecule has 0 fully saturated rings. The van der Waals surface area contributed by atoms with E-state index < -0.39 is 0 Å². The molecule has 3 heterocycles. The van der Waals surface area contributed by atoms with Crippen LogP contribution in [0.3, 0.4) is 0 Å². The quantitative estimate of drug-likeness (QED) is 0.169. The zero-order chi connectivity index (χ0) is 39.6. The molecule has 4 nitrogen and oxygen atoms in total. The first-order chi connectivity index (χ1) is 29.7. The Morgan fingerprint density at radius 1 is 0.317 bits per heavy atom. The Hall–Kier alpha value is -7.73. The molecule has 0 aliphatic rings. The van der Waals surface area contributed by atoms with E-state index in [0.29, 0.717) is 17.5 Å². The molecule has 60 heavy (non-hydrogen) atoms. The van der Waals surface area contributed by atoms with Crippen molar-refractivity contribution in [1.82, 2.24) is 15.0 Å². The molecule has 0 amide bonds. The van der Waals surface area contributed by atoms with Crippen LogP contribution in [0.1, 0.15) is 0 Å². The minimum absolute atomic E-state index is 0.638. The lowest BCUT2D eigenvalue weighted by atomic mass is 9.98. The number of nitrogens with zero attached hydrogens (tertiary/aromatic N) is 3. The van der Waals surface area contributed by atoms with E-state index in [4.69, 9.17) is 19.4 Å². The molecule has 0 unspecified atom stereocenters. The first-order valence-electron chi connectivity index (χ1n) is 20.1. The van der Waals surface area contributed by atoms with E-state index in [9.17, 15) is 0 Å². The van der Waals surface area contributed by atoms with Crippen molar-refractivity contribution in [1.29, 1.82) is 0 Å². The zero-order valence-electron chi connectivity index (χ0n) is 32.2. The van der Waals surface area contributed by atoms with Crippen molar-refractivity contribution in [2.45, 2.75) is 0 Å². The molecule has 0 aliphatic carbocycles. The summed E-state index contributed by atoms with van der Waals surface area (Å²) in [6.45, 7) is 0. The van der Waals surface area contributed by atoms with Crippen LogP contribution in [0.15, 0.2) is 205 Å². The molecule has 0 aliphatic heterocycles. The Kier molecular flexibility index (Phi) is 8.00. The third-order valence-corrected chi connectivity index (χ3v) is 12.7. The molecule has 9 aromatic carbocycles. The summed E-state index contributed by atoms with van der Waals surface area (Å²) in [4.78, 5) is 15.4. The SMILES string of the molecule is c1ccc(-c2cccc(-c3ccc(-c4nc(-c5ccccc5)nc(-c5cccc6c5sc5cc(-c7ccc8oc9cc%10ccccc%10cc9c8c7)ccc56)n4)cc3)c2)cc1. The maximum Gasteiger partial charge on any atom is 0.165 e. The summed E-state index contributed by atoms with van der Waals surface area (Å²) in [6.07, 6.45) is 0. The summed E-state index contributed by atoms with van der Waals surface area (Å²) in [7, 11) is 0. The number of aromatic nitrogens is 3. The molecule has 0 N–H and O–H groups in total. The van der Waals surface area contributed by atoms with Crippen LogP contribution in [0, 0.1) is 0 Å². The summed E-state index contributed by atoms with van der Waals surface area (Å²) in [6, 6.07) is 70.5. The second kappa shape index (κ2) is 14.0. The second-order valence-corrected chi connectivity index (χ2v) is 16.3. The first-order valence-corrected chi connectivity index (χ1v) is 20.9. The predicted octanol–water partition coefficient (Wildman–Crippen LogP) is 15.3. The fourth-order valence-electron chi connectivity index (χ4n) is 8.46. The van der Waals surface area contributed by atoms with Crippen LogP contribution in [0.2, 0.25) is 0 Å². The van der Waals surface area contributed by atoms with E-state index in [0.717, 1.165) is 65.6 Å². The average molecular weight is 784 g/mol. The molecule has 0 saturated heterocycles. The lowest BCUT2D eigenvalue weighted by Crippen LogP contribution is -2.00. The van der Waals surface area contributed by atoms with Crippen LogP contribution >= 0.6 is 11.3 Å². The topological polar surface area (TPSA) is 51.8 Å². The van der Waals surface area contributed by atoms with Crippen molar-refractivity contribution in [3.05, 3.63) is 200 Å². The van der Waals surface area contributed by atoms with E-state index in [1.807, 2.05) is 24.3 Å². The maximum atomic E-state index is 6.32. The number of rotatable bonds is 6. The van der Waals surface area contributed by atoms with Gasteiger partial charge in [0.1, 0.15) is 11.2 Å². The van der Waals surface area contributed by atoms with Gasteiger partial charge in [-0.2, -0.15) is 0 Å². The van der Waals surface area contributed by atoms with Gasteiger partial charge in [0.25, 0.3) is 0 Å². The number of fused-ring (bicyclic) bond motifs is 7. The molecule has 12 aromatic rings. The van der Waals surface area contributed by atoms with Gasteiger partial charge < -0.3 is 4.42 Å². The molecule has 0 spiro atoms. The second-order valence-electron chi connectivity index (χ2n) is 15.2. The lowest BCUT2D eigenvalue weighted by Gasteiger charge is -2.10. The average Bonchev–Trinajstić information content (AvgIpc) is 3.88. The number of benzene rings is 9. The van der Waals surface area contributed by atoms with Gasteiger partial charge in [0.2, 0.25) is 0 Å². The van der Waals surface area contributed by atoms with Crippen molar-refractivity contribution in [2.75, 3.05) is 0 Å². The molecule has 3 aromatic heterocycles. The fraction of sp³-hybridized carbons (Fsp3) is 0. The number of furan rings is 1. The van der Waals surface area contributed by atoms with Crippen LogP contribution in [-0.2, 0) is 0 Å². The normalized spacial score (nSPS) is 11.7. The zero-order valence-corrected chi connectivity index (χ0v) is 33.0. The van der Waals surface area contributed by atoms with Crippen molar-refractivity contribution >= 4 is 64.2 Å². The van der Waals surface area contributed by atoms with E-state index in [-0.39, 0.29) is 0 Å². The molecule has 0 bridgehead atoms. The minimum Gasteiger partial charge on any atom is -0.456 e. The van der Waals surface area contributed by atoms with Gasteiger partial charge in [-0.3, -0.25) is 0 Å². The van der Waals surface area contributed by atoms with Crippen LogP contribution in [0.25, 0.3) is 120 Å². The fourth-order valence-corrected chi connectivity index (χ4v) is 9.71. The third kappa shape index (κ3) is 5.95. The van der Waals surface area contributed by atoms with Gasteiger partial charge in [-0.05, 0) is 86.6 Å². The molecule has 12 rings (SSSR count). The van der Waals surface area contributed by atoms with Gasteiger partial charge in [-0.25, -0.2) is 15.0 Å². The Morgan fingerprint density at radius 2 is 0.850 bits per heavy atom. The van der Waals surface area contributed by atoms with Crippen molar-refractivity contribution in [3.8, 4) is 67.5 Å². The Balaban J connectivity index is 0.939. The summed E-state index contributed by atoms with van der Waals surface area (Å²) in [5.74, 6) is 1.94. The molecule has 280 valence electrons. The molecule has 0 atom stereocenters. The molecule has 0 saturated carbocycles. The van der Waals surface area contributed by atoms with Gasteiger partial charge in [-0.1, -0.05) is 158 Å². The van der Waals surface area contributed by atoms with Crippen LogP contribution < -0.4 is 0 Å². The van der Waals surface area contributed by atoms with Gasteiger partial charge in [0, 0.05) is 47.6 Å². The Morgan fingerprint density at radius 3 is 1.62 bits per heavy atom. The molecule has 5 heteroatoms. The van der Waals surface area contributed by atoms with E-state index in [1.165, 1.54) is 37.4 Å². The number of thiophene rings is 1. The highest BCUT2D eigenvalue weighted by Gasteiger charge is 2.18. The van der Waals surface area contributed by atoms with Crippen LogP contribution in [-0.4, -0.2) is 15.0 Å². The van der Waals surface area contributed by atoms with E-state index >= 15 is 0 Å². The number of hydrogen-bond donors (Lipinski definition) is 0. The van der Waals surface area contributed by atoms with Crippen LogP contribution in [0.5, 0.6) is 0 Å². The predicted molar refractivity (Wildman–Crippen MR) is 250 cm³/mol. The van der Waals surface area contributed by atoms with Gasteiger partial charge in [-0.15, -0.1) is 11.3 Å². The summed E-state index contributed by atoms with van der Waals surface area (Å²) < 4.78 is 8.68. The first kappa shape index (κ1) is 34.3. The van der Waals surface area contributed by atoms with Crippen molar-refractivity contribution in [3.63, 3.8) is 0 Å². The Bertz CT molecular complexity index is 3590. The minimum atomic E-state index is 0.638. The number of hydrogen-bond acceptors (Lipinski definition) is 5. The largest absolute Gasteiger partial charge is 0.456 e. The van der Waals surface area contributed by atoms with Gasteiger partial charge in [0.15, 0.2) is 17.5 Å². The third-order valence-electron chi connectivity index (χ3n) is 11.5. The van der Waals surface area contributed by atoms with Gasteiger partial charge in [0.05, 0.1) is 0 Å². The van der Waals surface area contributed by atoms with Gasteiger partial charge >= 0.3 is 0 Å². The Labute approximate surface area is 349 Å². The highest BCUT2D eigenvalue weighted by molar-refractivity contribution is 7.26. The summed E-state index contributed by atoms with van der Waals surface area (Å²) >= 11 is 1.78. The standard InChI is InChI=1S/C55H33N3OS/c1-3-11-34(12-4-1)38-17-9-18-39(29-38)35-21-23-37(24-22-35)54-56-53(36-13-5-2-6-14-36)57-55(58-54)46-20-10-19-45-44-27-25-43(33-51(44)60-52(45)46)42-26-28-49-47(31-42)48-30-40-15-7-8-16-41(40)32-50(48)59-49/h1-33H. The van der Waals surface area contributed by atoms with Crippen LogP contribution in [0.4, 0.5) is 0 Å².